The second-order valence-corrected chi connectivity index (χ2v) is 6.43. The molecule has 146 valence electrons. The van der Waals surface area contributed by atoms with Crippen LogP contribution in [0.3, 0.4) is 0 Å². The quantitative estimate of drug-likeness (QED) is 0.525. The van der Waals surface area contributed by atoms with Gasteiger partial charge in [0.15, 0.2) is 0 Å². The second-order valence-electron chi connectivity index (χ2n) is 6.43. The summed E-state index contributed by atoms with van der Waals surface area (Å²) in [4.78, 5) is 24.7. The van der Waals surface area contributed by atoms with E-state index in [1.165, 1.54) is 12.1 Å². The van der Waals surface area contributed by atoms with Crippen LogP contribution in [0.5, 0.6) is 5.75 Å². The number of aromatic hydroxyl groups is 1. The molecule has 0 aliphatic rings. The van der Waals surface area contributed by atoms with Gasteiger partial charge >= 0.3 is 6.03 Å². The lowest BCUT2D eigenvalue weighted by atomic mass is 10.1. The first-order valence-electron chi connectivity index (χ1n) is 9.00. The van der Waals surface area contributed by atoms with Crippen LogP contribution in [0.2, 0.25) is 0 Å². The minimum absolute atomic E-state index is 0.127. The number of hydrogen-bond acceptors (Lipinski definition) is 4. The summed E-state index contributed by atoms with van der Waals surface area (Å²) in [5.41, 5.74) is 2.88. The average Bonchev–Trinajstić information content (AvgIpc) is 2.69. The van der Waals surface area contributed by atoms with Gasteiger partial charge in [-0.2, -0.15) is 5.26 Å². The van der Waals surface area contributed by atoms with Crippen LogP contribution in [0.1, 0.15) is 23.1 Å². The summed E-state index contributed by atoms with van der Waals surface area (Å²) in [5.74, 6) is -0.239. The second kappa shape index (κ2) is 10.6. The Kier molecular flexibility index (Phi) is 7.85. The van der Waals surface area contributed by atoms with Gasteiger partial charge in [0, 0.05) is 19.5 Å². The highest BCUT2D eigenvalue weighted by molar-refractivity contribution is 5.87. The molecule has 2 rings (SSSR count). The fraction of sp³-hybridized carbons (Fsp3) is 0.286. The highest BCUT2D eigenvalue weighted by Gasteiger charge is 2.21. The predicted molar refractivity (Wildman–Crippen MR) is 105 cm³/mol. The van der Waals surface area contributed by atoms with E-state index < -0.39 is 12.1 Å². The number of carbonyl (C=O) groups excluding carboxylic acids is 2. The largest absolute Gasteiger partial charge is 0.508 e. The summed E-state index contributed by atoms with van der Waals surface area (Å²) in [5, 5.41) is 26.1. The summed E-state index contributed by atoms with van der Waals surface area (Å²) in [6.07, 6.45) is 0.452. The maximum atomic E-state index is 12.4. The number of benzene rings is 2. The van der Waals surface area contributed by atoms with Crippen LogP contribution in [-0.4, -0.2) is 29.6 Å². The molecule has 0 fully saturated rings. The Balaban J connectivity index is 1.97. The zero-order chi connectivity index (χ0) is 20.4. The number of nitriles is 1. The van der Waals surface area contributed by atoms with Crippen molar-refractivity contribution >= 4 is 11.9 Å². The Morgan fingerprint density at radius 2 is 1.68 bits per heavy atom. The Morgan fingerprint density at radius 1 is 1.04 bits per heavy atom. The maximum Gasteiger partial charge on any atom is 0.315 e. The summed E-state index contributed by atoms with van der Waals surface area (Å²) in [6.45, 7) is 2.55. The molecule has 1 unspecified atom stereocenters. The average molecular weight is 380 g/mol. The number of aryl methyl sites for hydroxylation is 1. The van der Waals surface area contributed by atoms with Crippen molar-refractivity contribution < 1.29 is 14.7 Å². The van der Waals surface area contributed by atoms with E-state index in [2.05, 4.69) is 16.0 Å². The molecule has 0 spiro atoms. The molecule has 1 atom stereocenters. The number of carbonyl (C=O) groups is 2. The molecule has 0 aliphatic heterocycles. The molecule has 7 nitrogen and oxygen atoms in total. The molecule has 7 heteroatoms. The van der Waals surface area contributed by atoms with Crippen LogP contribution in [-0.2, 0) is 17.8 Å². The summed E-state index contributed by atoms with van der Waals surface area (Å²) in [6, 6.07) is 14.9. The van der Waals surface area contributed by atoms with Gasteiger partial charge in [-0.05, 0) is 30.2 Å². The highest BCUT2D eigenvalue weighted by Crippen LogP contribution is 2.11. The maximum absolute atomic E-state index is 12.4. The van der Waals surface area contributed by atoms with E-state index >= 15 is 0 Å². The molecule has 2 aromatic rings. The molecule has 0 aliphatic carbocycles. The van der Waals surface area contributed by atoms with E-state index in [0.29, 0.717) is 6.54 Å². The lowest BCUT2D eigenvalue weighted by Gasteiger charge is -2.19. The molecule has 0 heterocycles. The van der Waals surface area contributed by atoms with Crippen LogP contribution in [0, 0.1) is 18.3 Å². The topological polar surface area (TPSA) is 114 Å². The van der Waals surface area contributed by atoms with Gasteiger partial charge < -0.3 is 21.1 Å². The van der Waals surface area contributed by atoms with Gasteiger partial charge in [0.1, 0.15) is 11.8 Å². The third-order valence-electron chi connectivity index (χ3n) is 4.11. The molecular weight excluding hydrogens is 356 g/mol. The van der Waals surface area contributed by atoms with E-state index in [1.54, 1.807) is 12.1 Å². The van der Waals surface area contributed by atoms with E-state index in [1.807, 2.05) is 37.3 Å². The number of nitrogens with one attached hydrogen (secondary N) is 3. The van der Waals surface area contributed by atoms with Gasteiger partial charge in [0.25, 0.3) is 0 Å². The molecule has 0 saturated heterocycles. The van der Waals surface area contributed by atoms with Crippen molar-refractivity contribution in [2.75, 3.05) is 6.54 Å². The van der Waals surface area contributed by atoms with Crippen molar-refractivity contribution in [1.29, 1.82) is 5.26 Å². The number of rotatable bonds is 8. The predicted octanol–water partition coefficient (Wildman–Crippen LogP) is 2.14. The lowest BCUT2D eigenvalue weighted by Crippen LogP contribution is -2.51. The Morgan fingerprint density at radius 3 is 2.32 bits per heavy atom. The standard InChI is InChI=1S/C21H24N4O3/c1-15-3-5-17(6-4-15)14-24-21(28)25-19(20(27)23-12-2-11-22)13-16-7-9-18(26)10-8-16/h3-10,19,26H,2,12-14H2,1H3,(H,23,27)(H2,24,25,28). The van der Waals surface area contributed by atoms with Gasteiger partial charge in [-0.25, -0.2) is 4.79 Å². The molecule has 0 radical (unpaired) electrons. The van der Waals surface area contributed by atoms with E-state index in [0.717, 1.165) is 16.7 Å². The number of urea groups is 1. The Labute approximate surface area is 164 Å². The van der Waals surface area contributed by atoms with Crippen molar-refractivity contribution in [3.8, 4) is 11.8 Å². The molecule has 0 saturated carbocycles. The van der Waals surface area contributed by atoms with Crippen molar-refractivity contribution in [3.63, 3.8) is 0 Å². The van der Waals surface area contributed by atoms with Gasteiger partial charge in [-0.3, -0.25) is 4.79 Å². The molecule has 0 aromatic heterocycles. The molecule has 3 amide bonds. The first-order valence-corrected chi connectivity index (χ1v) is 9.00. The van der Waals surface area contributed by atoms with Crippen LogP contribution < -0.4 is 16.0 Å². The minimum atomic E-state index is -0.804. The Hall–Kier alpha value is -3.53. The van der Waals surface area contributed by atoms with Gasteiger partial charge in [0.2, 0.25) is 5.91 Å². The fourth-order valence-corrected chi connectivity index (χ4v) is 2.54. The number of phenolic OH excluding ortho intramolecular Hbond substituents is 1. The lowest BCUT2D eigenvalue weighted by molar-refractivity contribution is -0.122. The van der Waals surface area contributed by atoms with E-state index in [-0.39, 0.29) is 31.0 Å². The van der Waals surface area contributed by atoms with E-state index in [9.17, 15) is 14.7 Å². The van der Waals surface area contributed by atoms with E-state index in [4.69, 9.17) is 5.26 Å². The van der Waals surface area contributed by atoms with Crippen molar-refractivity contribution in [2.45, 2.75) is 32.4 Å². The van der Waals surface area contributed by atoms with Crippen molar-refractivity contribution in [2.24, 2.45) is 0 Å². The highest BCUT2D eigenvalue weighted by atomic mass is 16.3. The number of nitrogens with zero attached hydrogens (tertiary/aromatic N) is 1. The third-order valence-corrected chi connectivity index (χ3v) is 4.11. The van der Waals surface area contributed by atoms with Gasteiger partial charge in [0.05, 0.1) is 12.5 Å². The number of amides is 3. The number of hydrogen-bond donors (Lipinski definition) is 4. The SMILES string of the molecule is Cc1ccc(CNC(=O)NC(Cc2ccc(O)cc2)C(=O)NCCC#N)cc1. The smallest absolute Gasteiger partial charge is 0.315 e. The van der Waals surface area contributed by atoms with Crippen molar-refractivity contribution in [1.82, 2.24) is 16.0 Å². The van der Waals surface area contributed by atoms with Gasteiger partial charge in [-0.15, -0.1) is 0 Å². The first kappa shape index (κ1) is 20.8. The Bertz CT molecular complexity index is 826. The number of phenols is 1. The van der Waals surface area contributed by atoms with Crippen molar-refractivity contribution in [3.05, 3.63) is 65.2 Å². The molecule has 0 bridgehead atoms. The molecule has 28 heavy (non-hydrogen) atoms. The molecule has 2 aromatic carbocycles. The summed E-state index contributed by atoms with van der Waals surface area (Å²) in [7, 11) is 0. The van der Waals surface area contributed by atoms with Crippen LogP contribution in [0.15, 0.2) is 48.5 Å². The summed E-state index contributed by atoms with van der Waals surface area (Å²) >= 11 is 0. The normalized spacial score (nSPS) is 11.1. The summed E-state index contributed by atoms with van der Waals surface area (Å²) < 4.78 is 0. The molecule has 4 N–H and O–H groups in total. The molecular formula is C21H24N4O3. The first-order chi connectivity index (χ1) is 13.5. The van der Waals surface area contributed by atoms with Gasteiger partial charge in [-0.1, -0.05) is 42.0 Å². The fourth-order valence-electron chi connectivity index (χ4n) is 2.54. The monoisotopic (exact) mass is 380 g/mol. The van der Waals surface area contributed by atoms with Crippen LogP contribution >= 0.6 is 0 Å². The van der Waals surface area contributed by atoms with Crippen LogP contribution in [0.4, 0.5) is 4.79 Å². The zero-order valence-electron chi connectivity index (χ0n) is 15.7. The zero-order valence-corrected chi connectivity index (χ0v) is 15.7. The minimum Gasteiger partial charge on any atom is -0.508 e. The third kappa shape index (κ3) is 7.00. The van der Waals surface area contributed by atoms with Crippen LogP contribution in [0.25, 0.3) is 0 Å².